The zero-order valence-corrected chi connectivity index (χ0v) is 17.8. The maximum Gasteiger partial charge on any atom is 0.338 e. The average Bonchev–Trinajstić information content (AvgIpc) is 2.65. The highest BCUT2D eigenvalue weighted by Gasteiger charge is 2.31. The van der Waals surface area contributed by atoms with Gasteiger partial charge in [0, 0.05) is 5.69 Å². The third-order valence-corrected chi connectivity index (χ3v) is 5.43. The van der Waals surface area contributed by atoms with E-state index in [9.17, 15) is 18.0 Å². The molecule has 0 aliphatic rings. The molecule has 1 N–H and O–H groups in total. The summed E-state index contributed by atoms with van der Waals surface area (Å²) in [7, 11) is -3.70. The molecule has 0 radical (unpaired) electrons. The lowest BCUT2D eigenvalue weighted by atomic mass is 10.1. The van der Waals surface area contributed by atoms with Gasteiger partial charge in [-0.25, -0.2) is 13.2 Å². The lowest BCUT2D eigenvalue weighted by molar-refractivity contribution is -0.117. The van der Waals surface area contributed by atoms with Crippen LogP contribution in [0.4, 0.5) is 11.4 Å². The van der Waals surface area contributed by atoms with Gasteiger partial charge >= 0.3 is 5.97 Å². The van der Waals surface area contributed by atoms with Crippen LogP contribution in [-0.2, 0) is 19.6 Å². The molecule has 2 aromatic carbocycles. The van der Waals surface area contributed by atoms with Crippen LogP contribution < -0.4 is 9.62 Å². The van der Waals surface area contributed by atoms with Crippen molar-refractivity contribution in [3.05, 3.63) is 59.7 Å². The number of carbonyl (C=O) groups is 2. The third-order valence-electron chi connectivity index (χ3n) is 4.25. The number of hydrogen-bond acceptors (Lipinski definition) is 5. The van der Waals surface area contributed by atoms with Crippen molar-refractivity contribution in [3.63, 3.8) is 0 Å². The summed E-state index contributed by atoms with van der Waals surface area (Å²) in [5.41, 5.74) is 2.15. The van der Waals surface area contributed by atoms with E-state index in [-0.39, 0.29) is 13.0 Å². The summed E-state index contributed by atoms with van der Waals surface area (Å²) in [5.74, 6) is -0.900. The van der Waals surface area contributed by atoms with Crippen LogP contribution in [0.25, 0.3) is 0 Å². The molecule has 0 aliphatic carbocycles. The number of nitrogens with one attached hydrogen (secondary N) is 1. The summed E-state index contributed by atoms with van der Waals surface area (Å²) < 4.78 is 31.0. The molecule has 156 valence electrons. The Kier molecular flexibility index (Phi) is 7.39. The van der Waals surface area contributed by atoms with Gasteiger partial charge in [0.2, 0.25) is 15.9 Å². The van der Waals surface area contributed by atoms with Crippen molar-refractivity contribution in [2.45, 2.75) is 33.2 Å². The van der Waals surface area contributed by atoms with E-state index in [1.807, 2.05) is 13.0 Å². The molecule has 2 rings (SSSR count). The first-order valence-electron chi connectivity index (χ1n) is 9.31. The molecule has 1 atom stereocenters. The second-order valence-electron chi connectivity index (χ2n) is 6.61. The number of aryl methyl sites for hydroxylation is 1. The predicted octanol–water partition coefficient (Wildman–Crippen LogP) is 3.36. The fraction of sp³-hybridized carbons (Fsp3) is 0.333. The summed E-state index contributed by atoms with van der Waals surface area (Å²) in [6.45, 7) is 5.60. The van der Waals surface area contributed by atoms with E-state index >= 15 is 0 Å². The average molecular weight is 419 g/mol. The number of anilines is 2. The highest BCUT2D eigenvalue weighted by Crippen LogP contribution is 2.24. The maximum absolute atomic E-state index is 12.9. The molecular weight excluding hydrogens is 392 g/mol. The van der Waals surface area contributed by atoms with E-state index in [2.05, 4.69) is 5.32 Å². The SMILES string of the molecule is CCOC(=O)c1ccc(NC(=O)[C@H](CC)N(c2cccc(C)c2)S(C)(=O)=O)cc1. The largest absolute Gasteiger partial charge is 0.462 e. The van der Waals surface area contributed by atoms with Gasteiger partial charge in [-0.2, -0.15) is 0 Å². The maximum atomic E-state index is 12.9. The minimum absolute atomic E-state index is 0.274. The van der Waals surface area contributed by atoms with Crippen LogP contribution >= 0.6 is 0 Å². The number of rotatable bonds is 8. The van der Waals surface area contributed by atoms with Crippen LogP contribution in [0, 0.1) is 6.92 Å². The lowest BCUT2D eigenvalue weighted by Gasteiger charge is -2.30. The van der Waals surface area contributed by atoms with E-state index in [0.717, 1.165) is 16.1 Å². The van der Waals surface area contributed by atoms with Crippen molar-refractivity contribution in [1.29, 1.82) is 0 Å². The number of amides is 1. The minimum atomic E-state index is -3.70. The molecule has 0 aromatic heterocycles. The predicted molar refractivity (Wildman–Crippen MR) is 114 cm³/mol. The van der Waals surface area contributed by atoms with Crippen LogP contribution in [0.3, 0.4) is 0 Å². The zero-order chi connectivity index (χ0) is 21.6. The first-order chi connectivity index (χ1) is 13.7. The Morgan fingerprint density at radius 1 is 1.10 bits per heavy atom. The number of ether oxygens (including phenoxy) is 1. The molecular formula is C21H26N2O5S. The van der Waals surface area contributed by atoms with Gasteiger partial charge in [-0.05, 0) is 62.2 Å². The molecule has 0 saturated carbocycles. The first kappa shape index (κ1) is 22.4. The van der Waals surface area contributed by atoms with Crippen molar-refractivity contribution in [3.8, 4) is 0 Å². The standard InChI is InChI=1S/C21H26N2O5S/c1-5-19(23(29(4,26)27)18-9-7-8-15(3)14-18)20(24)22-17-12-10-16(11-13-17)21(25)28-6-2/h7-14,19H,5-6H2,1-4H3,(H,22,24)/t19-/m0/s1. The Hall–Kier alpha value is -2.87. The molecule has 0 bridgehead atoms. The molecule has 2 aromatic rings. The van der Waals surface area contributed by atoms with Gasteiger partial charge in [0.1, 0.15) is 6.04 Å². The Balaban J connectivity index is 2.27. The van der Waals surface area contributed by atoms with Gasteiger partial charge in [0.05, 0.1) is 24.1 Å². The molecule has 0 saturated heterocycles. The van der Waals surface area contributed by atoms with Gasteiger partial charge in [-0.15, -0.1) is 0 Å². The van der Waals surface area contributed by atoms with E-state index in [1.54, 1.807) is 56.3 Å². The topological polar surface area (TPSA) is 92.8 Å². The Bertz CT molecular complexity index is 971. The number of hydrogen-bond donors (Lipinski definition) is 1. The summed E-state index contributed by atoms with van der Waals surface area (Å²) in [6, 6.07) is 12.3. The van der Waals surface area contributed by atoms with Crippen LogP contribution in [-0.4, -0.2) is 39.2 Å². The minimum Gasteiger partial charge on any atom is -0.462 e. The zero-order valence-electron chi connectivity index (χ0n) is 17.0. The van der Waals surface area contributed by atoms with Crippen molar-refractivity contribution < 1.29 is 22.7 Å². The van der Waals surface area contributed by atoms with E-state index in [0.29, 0.717) is 16.9 Å². The Morgan fingerprint density at radius 2 is 1.76 bits per heavy atom. The van der Waals surface area contributed by atoms with Crippen molar-refractivity contribution >= 4 is 33.3 Å². The smallest absolute Gasteiger partial charge is 0.338 e. The molecule has 29 heavy (non-hydrogen) atoms. The highest BCUT2D eigenvalue weighted by atomic mass is 32.2. The molecule has 1 amide bonds. The van der Waals surface area contributed by atoms with Crippen molar-refractivity contribution in [2.75, 3.05) is 22.5 Å². The van der Waals surface area contributed by atoms with Gasteiger partial charge in [0.25, 0.3) is 0 Å². The van der Waals surface area contributed by atoms with Crippen LogP contribution in [0.1, 0.15) is 36.2 Å². The van der Waals surface area contributed by atoms with Crippen LogP contribution in [0.15, 0.2) is 48.5 Å². The summed E-state index contributed by atoms with van der Waals surface area (Å²) >= 11 is 0. The first-order valence-corrected chi connectivity index (χ1v) is 11.2. The second kappa shape index (κ2) is 9.56. The Labute approximate surface area is 171 Å². The van der Waals surface area contributed by atoms with Crippen LogP contribution in [0.5, 0.6) is 0 Å². The monoisotopic (exact) mass is 418 g/mol. The number of benzene rings is 2. The highest BCUT2D eigenvalue weighted by molar-refractivity contribution is 7.92. The number of esters is 1. The van der Waals surface area contributed by atoms with E-state index < -0.39 is 27.9 Å². The van der Waals surface area contributed by atoms with E-state index in [4.69, 9.17) is 4.74 Å². The molecule has 8 heteroatoms. The number of sulfonamides is 1. The van der Waals surface area contributed by atoms with Crippen LogP contribution in [0.2, 0.25) is 0 Å². The molecule has 7 nitrogen and oxygen atoms in total. The normalized spacial score (nSPS) is 12.1. The van der Waals surface area contributed by atoms with Gasteiger partial charge in [-0.1, -0.05) is 19.1 Å². The molecule has 0 heterocycles. The van der Waals surface area contributed by atoms with Gasteiger partial charge < -0.3 is 10.1 Å². The fourth-order valence-electron chi connectivity index (χ4n) is 2.95. The van der Waals surface area contributed by atoms with Crippen molar-refractivity contribution in [2.24, 2.45) is 0 Å². The van der Waals surface area contributed by atoms with E-state index in [1.165, 1.54) is 0 Å². The van der Waals surface area contributed by atoms with Gasteiger partial charge in [-0.3, -0.25) is 9.10 Å². The Morgan fingerprint density at radius 3 is 2.28 bits per heavy atom. The second-order valence-corrected chi connectivity index (χ2v) is 8.47. The number of nitrogens with zero attached hydrogens (tertiary/aromatic N) is 1. The summed E-state index contributed by atoms with van der Waals surface area (Å²) in [6.07, 6.45) is 1.37. The quantitative estimate of drug-likeness (QED) is 0.664. The van der Waals surface area contributed by atoms with Gasteiger partial charge in [0.15, 0.2) is 0 Å². The van der Waals surface area contributed by atoms with Crippen molar-refractivity contribution in [1.82, 2.24) is 0 Å². The third kappa shape index (κ3) is 5.80. The molecule has 0 unspecified atom stereocenters. The summed E-state index contributed by atoms with van der Waals surface area (Å²) in [5, 5.41) is 2.73. The molecule has 0 aliphatic heterocycles. The number of carbonyl (C=O) groups excluding carboxylic acids is 2. The lowest BCUT2D eigenvalue weighted by Crippen LogP contribution is -2.47. The fourth-order valence-corrected chi connectivity index (χ4v) is 4.16. The summed E-state index contributed by atoms with van der Waals surface area (Å²) in [4.78, 5) is 24.6. The molecule has 0 spiro atoms. The molecule has 0 fully saturated rings.